The van der Waals surface area contributed by atoms with Crippen molar-refractivity contribution in [3.8, 4) is 0 Å². The van der Waals surface area contributed by atoms with E-state index in [2.05, 4.69) is 4.98 Å². The van der Waals surface area contributed by atoms with Crippen LogP contribution in [0.2, 0.25) is 5.02 Å². The zero-order valence-corrected chi connectivity index (χ0v) is 12.4. The molecule has 1 aliphatic rings. The van der Waals surface area contributed by atoms with E-state index in [1.807, 2.05) is 0 Å². The number of nitrogens with zero attached hydrogens (tertiary/aromatic N) is 2. The Balaban J connectivity index is 1.94. The summed E-state index contributed by atoms with van der Waals surface area (Å²) in [6.45, 7) is 0.193. The van der Waals surface area contributed by atoms with Gasteiger partial charge in [0.2, 0.25) is 0 Å². The monoisotopic (exact) mass is 320 g/mol. The van der Waals surface area contributed by atoms with Crippen molar-refractivity contribution in [2.24, 2.45) is 0 Å². The number of amides is 1. The number of aliphatic hydroxyl groups is 1. The fourth-order valence-electron chi connectivity index (χ4n) is 2.77. The van der Waals surface area contributed by atoms with Gasteiger partial charge in [-0.05, 0) is 30.2 Å². The number of rotatable bonds is 2. The number of carbonyl (C=O) groups excluding carboxylic acids is 1. The Hall–Kier alpha value is -1.98. The largest absolute Gasteiger partial charge is 0.391 e. The Morgan fingerprint density at radius 3 is 2.95 bits per heavy atom. The number of pyridine rings is 1. The molecule has 0 bridgehead atoms. The van der Waals surface area contributed by atoms with Crippen molar-refractivity contribution in [1.82, 2.24) is 9.88 Å². The predicted molar refractivity (Wildman–Crippen MR) is 80.0 cm³/mol. The van der Waals surface area contributed by atoms with Gasteiger partial charge in [0, 0.05) is 18.9 Å². The first-order valence-corrected chi connectivity index (χ1v) is 7.28. The molecule has 0 aliphatic carbocycles. The topological polar surface area (TPSA) is 53.4 Å². The lowest BCUT2D eigenvalue weighted by Crippen LogP contribution is -2.32. The Kier molecular flexibility index (Phi) is 4.09. The van der Waals surface area contributed by atoms with E-state index in [1.165, 1.54) is 35.5 Å². The van der Waals surface area contributed by atoms with Crippen molar-refractivity contribution in [2.75, 3.05) is 6.54 Å². The van der Waals surface area contributed by atoms with Gasteiger partial charge in [0.05, 0.1) is 22.7 Å². The first kappa shape index (κ1) is 14.9. The van der Waals surface area contributed by atoms with Gasteiger partial charge in [-0.3, -0.25) is 9.78 Å². The first-order chi connectivity index (χ1) is 10.6. The number of aliphatic hydroxyl groups excluding tert-OH is 1. The smallest absolute Gasteiger partial charge is 0.256 e. The van der Waals surface area contributed by atoms with Crippen LogP contribution in [0.3, 0.4) is 0 Å². The second kappa shape index (κ2) is 6.02. The second-order valence-electron chi connectivity index (χ2n) is 5.27. The lowest BCUT2D eigenvalue weighted by molar-refractivity contribution is 0.0715. The zero-order chi connectivity index (χ0) is 15.7. The van der Waals surface area contributed by atoms with Gasteiger partial charge in [0.1, 0.15) is 5.82 Å². The van der Waals surface area contributed by atoms with E-state index in [0.29, 0.717) is 17.5 Å². The maximum atomic E-state index is 13.4. The molecule has 0 saturated carbocycles. The molecule has 1 N–H and O–H groups in total. The number of β-amino-alcohol motifs (C(OH)–C–C–N with tert-alkyl or cyclic N) is 1. The standard InChI is InChI=1S/C16H14ClFN2O2/c17-14-8-19-5-4-13(14)16(22)20-9-12(21)7-15(20)10-2-1-3-11(18)6-10/h1-6,8,12,15,21H,7,9H2/t12-,15+/m1/s1. The lowest BCUT2D eigenvalue weighted by atomic mass is 10.0. The molecule has 1 fully saturated rings. The highest BCUT2D eigenvalue weighted by Gasteiger charge is 2.36. The SMILES string of the molecule is O=C(c1ccncc1Cl)N1C[C@H](O)C[C@H]1c1cccc(F)c1. The molecule has 1 amide bonds. The minimum Gasteiger partial charge on any atom is -0.391 e. The van der Waals surface area contributed by atoms with E-state index in [4.69, 9.17) is 11.6 Å². The summed E-state index contributed by atoms with van der Waals surface area (Å²) in [5, 5.41) is 10.2. The van der Waals surface area contributed by atoms with Crippen LogP contribution in [0.5, 0.6) is 0 Å². The number of hydrogen-bond donors (Lipinski definition) is 1. The third-order valence-electron chi connectivity index (χ3n) is 3.78. The summed E-state index contributed by atoms with van der Waals surface area (Å²) in [6.07, 6.45) is 2.62. The summed E-state index contributed by atoms with van der Waals surface area (Å²) in [7, 11) is 0. The molecule has 22 heavy (non-hydrogen) atoms. The number of aromatic nitrogens is 1. The quantitative estimate of drug-likeness (QED) is 0.925. The molecule has 114 valence electrons. The van der Waals surface area contributed by atoms with Crippen molar-refractivity contribution in [3.63, 3.8) is 0 Å². The summed E-state index contributed by atoms with van der Waals surface area (Å²) in [6, 6.07) is 7.25. The molecule has 1 saturated heterocycles. The van der Waals surface area contributed by atoms with Crippen molar-refractivity contribution in [3.05, 3.63) is 64.7 Å². The maximum Gasteiger partial charge on any atom is 0.256 e. The van der Waals surface area contributed by atoms with Gasteiger partial charge >= 0.3 is 0 Å². The van der Waals surface area contributed by atoms with Crippen LogP contribution in [0.25, 0.3) is 0 Å². The fraction of sp³-hybridized carbons (Fsp3) is 0.250. The van der Waals surface area contributed by atoms with Crippen LogP contribution in [0.1, 0.15) is 28.4 Å². The van der Waals surface area contributed by atoms with E-state index < -0.39 is 6.10 Å². The number of benzene rings is 1. The van der Waals surface area contributed by atoms with E-state index in [9.17, 15) is 14.3 Å². The van der Waals surface area contributed by atoms with Crippen LogP contribution in [-0.2, 0) is 0 Å². The molecule has 1 aliphatic heterocycles. The molecular weight excluding hydrogens is 307 g/mol. The average Bonchev–Trinajstić information content (AvgIpc) is 2.89. The van der Waals surface area contributed by atoms with Crippen LogP contribution in [0.15, 0.2) is 42.7 Å². The number of halogens is 2. The minimum absolute atomic E-state index is 0.193. The molecule has 4 nitrogen and oxygen atoms in total. The minimum atomic E-state index is -0.641. The number of likely N-dealkylation sites (tertiary alicyclic amines) is 1. The van der Waals surface area contributed by atoms with Crippen molar-refractivity contribution in [2.45, 2.75) is 18.6 Å². The van der Waals surface area contributed by atoms with Gasteiger partial charge < -0.3 is 10.0 Å². The molecule has 2 aromatic rings. The Labute approximate surface area is 132 Å². The molecule has 0 spiro atoms. The second-order valence-corrected chi connectivity index (χ2v) is 5.68. The van der Waals surface area contributed by atoms with E-state index >= 15 is 0 Å². The van der Waals surface area contributed by atoms with Crippen LogP contribution in [0, 0.1) is 5.82 Å². The Morgan fingerprint density at radius 1 is 1.41 bits per heavy atom. The summed E-state index contributed by atoms with van der Waals surface area (Å²) < 4.78 is 13.4. The van der Waals surface area contributed by atoms with Gasteiger partial charge in [0.15, 0.2) is 0 Å². The summed E-state index contributed by atoms with van der Waals surface area (Å²) >= 11 is 6.02. The predicted octanol–water partition coefficient (Wildman–Crippen LogP) is 2.82. The van der Waals surface area contributed by atoms with Crippen molar-refractivity contribution >= 4 is 17.5 Å². The van der Waals surface area contributed by atoms with Crippen molar-refractivity contribution in [1.29, 1.82) is 0 Å². The number of hydrogen-bond acceptors (Lipinski definition) is 3. The molecule has 3 rings (SSSR count). The van der Waals surface area contributed by atoms with Crippen LogP contribution < -0.4 is 0 Å². The van der Waals surface area contributed by atoms with Gasteiger partial charge in [-0.15, -0.1) is 0 Å². The summed E-state index contributed by atoms with van der Waals surface area (Å²) in [5.74, 6) is -0.661. The zero-order valence-electron chi connectivity index (χ0n) is 11.6. The third-order valence-corrected chi connectivity index (χ3v) is 4.08. The Bertz CT molecular complexity index is 710. The maximum absolute atomic E-state index is 13.4. The van der Waals surface area contributed by atoms with Gasteiger partial charge in [-0.25, -0.2) is 4.39 Å². The van der Waals surface area contributed by atoms with Gasteiger partial charge in [0.25, 0.3) is 5.91 Å². The molecule has 0 unspecified atom stereocenters. The highest BCUT2D eigenvalue weighted by Crippen LogP contribution is 2.34. The third kappa shape index (κ3) is 2.82. The molecule has 1 aromatic carbocycles. The van der Waals surface area contributed by atoms with Crippen LogP contribution >= 0.6 is 11.6 Å². The van der Waals surface area contributed by atoms with Gasteiger partial charge in [-0.2, -0.15) is 0 Å². The summed E-state index contributed by atoms with van der Waals surface area (Å²) in [4.78, 5) is 18.1. The average molecular weight is 321 g/mol. The normalized spacial score (nSPS) is 21.1. The molecule has 6 heteroatoms. The van der Waals surface area contributed by atoms with Crippen LogP contribution in [0.4, 0.5) is 4.39 Å². The molecule has 0 radical (unpaired) electrons. The molecular formula is C16H14ClFN2O2. The van der Waals surface area contributed by atoms with E-state index in [1.54, 1.807) is 12.1 Å². The Morgan fingerprint density at radius 2 is 2.23 bits per heavy atom. The first-order valence-electron chi connectivity index (χ1n) is 6.90. The number of carbonyl (C=O) groups is 1. The van der Waals surface area contributed by atoms with E-state index in [-0.39, 0.29) is 29.3 Å². The molecule has 2 atom stereocenters. The highest BCUT2D eigenvalue weighted by atomic mass is 35.5. The molecule has 1 aromatic heterocycles. The van der Waals surface area contributed by atoms with Gasteiger partial charge in [-0.1, -0.05) is 23.7 Å². The van der Waals surface area contributed by atoms with Crippen LogP contribution in [-0.4, -0.2) is 33.5 Å². The van der Waals surface area contributed by atoms with E-state index in [0.717, 1.165) is 0 Å². The highest BCUT2D eigenvalue weighted by molar-refractivity contribution is 6.33. The lowest BCUT2D eigenvalue weighted by Gasteiger charge is -2.25. The summed E-state index contributed by atoms with van der Waals surface area (Å²) in [5.41, 5.74) is 0.988. The fourth-order valence-corrected chi connectivity index (χ4v) is 2.97. The van der Waals surface area contributed by atoms with Crippen molar-refractivity contribution < 1.29 is 14.3 Å². The molecule has 2 heterocycles.